The minimum Gasteiger partial charge on any atom is -0.375 e. The highest BCUT2D eigenvalue weighted by Crippen LogP contribution is 2.37. The zero-order chi connectivity index (χ0) is 21.8. The standard InChI is InChI=1S/C15H16F3NO3S.CH4O3S/c1-10-2-4-11(5-3-10)12-6-7-14(13(8-12)9-19)22-23(20,21)15(16,17)18;1-5(2,3)4/h6-8,10-11H,2-5H2,1H3;1H3,(H,2,3,4). The summed E-state index contributed by atoms with van der Waals surface area (Å²) in [5.74, 6) is 0.269. The zero-order valence-corrected chi connectivity index (χ0v) is 16.7. The maximum atomic E-state index is 12.4. The molecule has 1 saturated carbocycles. The van der Waals surface area contributed by atoms with Crippen molar-refractivity contribution < 1.29 is 38.7 Å². The van der Waals surface area contributed by atoms with Gasteiger partial charge in [0.25, 0.3) is 10.1 Å². The van der Waals surface area contributed by atoms with Crippen molar-refractivity contribution >= 4 is 20.2 Å². The van der Waals surface area contributed by atoms with Gasteiger partial charge in [-0.15, -0.1) is 0 Å². The van der Waals surface area contributed by atoms with Crippen molar-refractivity contribution in [3.8, 4) is 11.8 Å². The van der Waals surface area contributed by atoms with Crippen LogP contribution in [0.3, 0.4) is 0 Å². The van der Waals surface area contributed by atoms with Crippen LogP contribution in [0.4, 0.5) is 13.2 Å². The van der Waals surface area contributed by atoms with E-state index >= 15 is 0 Å². The Morgan fingerprint density at radius 1 is 1.14 bits per heavy atom. The molecule has 1 N–H and O–H groups in total. The Morgan fingerprint density at radius 2 is 1.64 bits per heavy atom. The van der Waals surface area contributed by atoms with E-state index in [1.807, 2.05) is 0 Å². The predicted octanol–water partition coefficient (Wildman–Crippen LogP) is 3.58. The first-order valence-corrected chi connectivity index (χ1v) is 11.4. The van der Waals surface area contributed by atoms with Gasteiger partial charge in [0.15, 0.2) is 5.75 Å². The Morgan fingerprint density at radius 3 is 2.07 bits per heavy atom. The Kier molecular flexibility index (Phi) is 7.87. The van der Waals surface area contributed by atoms with Gasteiger partial charge in [-0.05, 0) is 42.4 Å². The topological polar surface area (TPSA) is 122 Å². The molecule has 28 heavy (non-hydrogen) atoms. The van der Waals surface area contributed by atoms with Crippen molar-refractivity contribution in [2.24, 2.45) is 5.92 Å². The second-order valence-electron chi connectivity index (χ2n) is 6.54. The van der Waals surface area contributed by atoms with Crippen LogP contribution in [0.25, 0.3) is 0 Å². The van der Waals surface area contributed by atoms with Crippen molar-refractivity contribution in [1.29, 1.82) is 5.26 Å². The van der Waals surface area contributed by atoms with E-state index in [1.165, 1.54) is 12.1 Å². The molecule has 0 spiro atoms. The number of halogens is 3. The van der Waals surface area contributed by atoms with E-state index in [1.54, 1.807) is 6.07 Å². The minimum absolute atomic E-state index is 0.214. The maximum absolute atomic E-state index is 12.4. The highest BCUT2D eigenvalue weighted by molar-refractivity contribution is 7.88. The summed E-state index contributed by atoms with van der Waals surface area (Å²) in [6.45, 7) is 2.16. The number of benzene rings is 1. The van der Waals surface area contributed by atoms with Crippen LogP contribution in [0.15, 0.2) is 18.2 Å². The molecule has 1 aliphatic rings. The van der Waals surface area contributed by atoms with Gasteiger partial charge in [0.05, 0.1) is 11.8 Å². The first-order valence-electron chi connectivity index (χ1n) is 8.11. The summed E-state index contributed by atoms with van der Waals surface area (Å²) >= 11 is 0. The van der Waals surface area contributed by atoms with E-state index in [0.717, 1.165) is 37.3 Å². The van der Waals surface area contributed by atoms with Gasteiger partial charge in [0.2, 0.25) is 0 Å². The molecule has 0 aromatic heterocycles. The van der Waals surface area contributed by atoms with Crippen molar-refractivity contribution in [3.05, 3.63) is 29.3 Å². The van der Waals surface area contributed by atoms with Gasteiger partial charge >= 0.3 is 15.6 Å². The molecule has 0 amide bonds. The van der Waals surface area contributed by atoms with Gasteiger partial charge in [-0.25, -0.2) is 0 Å². The highest BCUT2D eigenvalue weighted by Gasteiger charge is 2.48. The summed E-state index contributed by atoms with van der Waals surface area (Å²) in [7, 11) is -9.45. The van der Waals surface area contributed by atoms with Crippen molar-refractivity contribution in [3.63, 3.8) is 0 Å². The fourth-order valence-electron chi connectivity index (χ4n) is 2.72. The van der Waals surface area contributed by atoms with Crippen LogP contribution >= 0.6 is 0 Å². The Hall–Kier alpha value is -1.84. The second-order valence-corrected chi connectivity index (χ2v) is 9.54. The molecule has 12 heteroatoms. The Balaban J connectivity index is 0.000000696. The number of nitriles is 1. The van der Waals surface area contributed by atoms with E-state index in [0.29, 0.717) is 12.2 Å². The lowest BCUT2D eigenvalue weighted by atomic mass is 9.79. The smallest absolute Gasteiger partial charge is 0.375 e. The van der Waals surface area contributed by atoms with Crippen LogP contribution in [-0.4, -0.2) is 33.2 Å². The summed E-state index contributed by atoms with van der Waals surface area (Å²) in [5.41, 5.74) is -4.92. The fourth-order valence-corrected chi connectivity index (χ4v) is 3.20. The van der Waals surface area contributed by atoms with Gasteiger partial charge in [0, 0.05) is 0 Å². The molecule has 0 radical (unpaired) electrons. The average Bonchev–Trinajstić information content (AvgIpc) is 2.53. The number of rotatable bonds is 3. The molecule has 0 atom stereocenters. The van der Waals surface area contributed by atoms with E-state index < -0.39 is 31.5 Å². The third kappa shape index (κ3) is 7.65. The van der Waals surface area contributed by atoms with Crippen LogP contribution < -0.4 is 4.18 Å². The summed E-state index contributed by atoms with van der Waals surface area (Å²) in [6.07, 6.45) is 4.69. The lowest BCUT2D eigenvalue weighted by Crippen LogP contribution is -2.28. The van der Waals surface area contributed by atoms with Gasteiger partial charge in [-0.1, -0.05) is 25.8 Å². The molecule has 2 rings (SSSR count). The van der Waals surface area contributed by atoms with Crippen LogP contribution in [0.5, 0.6) is 5.75 Å². The van der Waals surface area contributed by atoms with E-state index in [4.69, 9.17) is 9.81 Å². The zero-order valence-electron chi connectivity index (χ0n) is 15.1. The van der Waals surface area contributed by atoms with Gasteiger partial charge in [-0.2, -0.15) is 35.3 Å². The van der Waals surface area contributed by atoms with E-state index in [2.05, 4.69) is 11.1 Å². The average molecular weight is 443 g/mol. The molecule has 1 aliphatic carbocycles. The van der Waals surface area contributed by atoms with Crippen LogP contribution in [0, 0.1) is 17.2 Å². The number of hydrogen-bond acceptors (Lipinski definition) is 6. The van der Waals surface area contributed by atoms with Crippen molar-refractivity contribution in [2.45, 2.75) is 44.0 Å². The van der Waals surface area contributed by atoms with Gasteiger partial charge < -0.3 is 4.18 Å². The van der Waals surface area contributed by atoms with E-state index in [-0.39, 0.29) is 11.5 Å². The molecule has 1 fully saturated rings. The minimum atomic E-state index is -5.78. The SMILES string of the molecule is CC1CCC(c2ccc(OS(=O)(=O)C(F)(F)F)c(C#N)c2)CC1.CS(=O)(=O)O. The number of alkyl halides is 3. The first-order chi connectivity index (χ1) is 12.6. The molecule has 158 valence electrons. The van der Waals surface area contributed by atoms with Crippen molar-refractivity contribution in [2.75, 3.05) is 6.26 Å². The fraction of sp³-hybridized carbons (Fsp3) is 0.562. The largest absolute Gasteiger partial charge is 0.534 e. The molecule has 0 unspecified atom stereocenters. The number of hydrogen-bond donors (Lipinski definition) is 1. The lowest BCUT2D eigenvalue weighted by Gasteiger charge is -2.26. The van der Waals surface area contributed by atoms with E-state index in [9.17, 15) is 30.0 Å². The molecule has 0 bridgehead atoms. The first kappa shape index (κ1) is 24.2. The van der Waals surface area contributed by atoms with Crippen molar-refractivity contribution in [1.82, 2.24) is 0 Å². The molecule has 1 aromatic carbocycles. The van der Waals surface area contributed by atoms with Gasteiger partial charge in [0.1, 0.15) is 6.07 Å². The Bertz CT molecular complexity index is 920. The third-order valence-corrected chi connectivity index (χ3v) is 5.06. The second kappa shape index (κ2) is 9.11. The summed E-state index contributed by atoms with van der Waals surface area (Å²) in [5, 5.41) is 9.08. The third-order valence-electron chi connectivity index (χ3n) is 4.09. The summed E-state index contributed by atoms with van der Waals surface area (Å²) in [6, 6.07) is 5.77. The molecule has 0 saturated heterocycles. The molecule has 7 nitrogen and oxygen atoms in total. The summed E-state index contributed by atoms with van der Waals surface area (Å²) in [4.78, 5) is 0. The molecule has 1 aromatic rings. The lowest BCUT2D eigenvalue weighted by molar-refractivity contribution is -0.0500. The van der Waals surface area contributed by atoms with Crippen LogP contribution in [0.2, 0.25) is 0 Å². The normalized spacial score (nSPS) is 20.5. The summed E-state index contributed by atoms with van der Waals surface area (Å²) < 4.78 is 89.1. The maximum Gasteiger partial charge on any atom is 0.534 e. The predicted molar refractivity (Wildman–Crippen MR) is 94.6 cm³/mol. The number of nitrogens with zero attached hydrogens (tertiary/aromatic N) is 1. The molecule has 0 heterocycles. The quantitative estimate of drug-likeness (QED) is 0.430. The van der Waals surface area contributed by atoms with Gasteiger partial charge in [-0.3, -0.25) is 4.55 Å². The van der Waals surface area contributed by atoms with Crippen LogP contribution in [-0.2, 0) is 20.2 Å². The van der Waals surface area contributed by atoms with Crippen LogP contribution in [0.1, 0.15) is 49.7 Å². The molecule has 0 aliphatic heterocycles. The highest BCUT2D eigenvalue weighted by atomic mass is 32.2. The monoisotopic (exact) mass is 443 g/mol. The Labute approximate surface area is 162 Å². The molecular formula is C16H20F3NO6S2. The molecular weight excluding hydrogens is 423 g/mol.